The third-order valence-electron chi connectivity index (χ3n) is 5.19. The molecule has 0 unspecified atom stereocenters. The minimum absolute atomic E-state index is 0.100. The molecule has 0 spiro atoms. The minimum Gasteiger partial charge on any atom is -0.429 e. The van der Waals surface area contributed by atoms with Crippen molar-refractivity contribution >= 4 is 29.2 Å². The number of oxazole rings is 1. The van der Waals surface area contributed by atoms with Gasteiger partial charge in [0.05, 0.1) is 5.52 Å². The molecule has 4 nitrogen and oxygen atoms in total. The number of para-hydroxylation sites is 2. The Morgan fingerprint density at radius 3 is 2.96 bits per heavy atom. The molecule has 1 aliphatic carbocycles. The highest BCUT2D eigenvalue weighted by atomic mass is 32.1. The van der Waals surface area contributed by atoms with Crippen LogP contribution in [0.3, 0.4) is 0 Å². The average molecular weight is 332 g/mol. The molecule has 1 heterocycles. The van der Waals surface area contributed by atoms with Crippen LogP contribution in [-0.2, 0) is 11.3 Å². The molecule has 1 aromatic heterocycles. The molecule has 2 aromatic rings. The molecular weight excluding hydrogens is 308 g/mol. The number of nitrogens with one attached hydrogen (secondary N) is 1. The third kappa shape index (κ3) is 3.50. The lowest BCUT2D eigenvalue weighted by Crippen LogP contribution is -2.43. The first-order valence-corrected chi connectivity index (χ1v) is 8.85. The number of carbonyl (C=O) groups is 1. The zero-order valence-corrected chi connectivity index (χ0v) is 14.6. The summed E-state index contributed by atoms with van der Waals surface area (Å²) in [4.78, 5) is 12.7. The van der Waals surface area contributed by atoms with E-state index in [0.29, 0.717) is 35.7 Å². The second-order valence-corrected chi connectivity index (χ2v) is 7.03. The first-order chi connectivity index (χ1) is 11.1. The van der Waals surface area contributed by atoms with Crippen molar-refractivity contribution in [3.8, 4) is 0 Å². The van der Waals surface area contributed by atoms with Crippen LogP contribution in [0.1, 0.15) is 39.5 Å². The summed E-state index contributed by atoms with van der Waals surface area (Å²) in [6.45, 7) is 5.08. The summed E-state index contributed by atoms with van der Waals surface area (Å²) < 4.78 is 7.46. The van der Waals surface area contributed by atoms with Crippen molar-refractivity contribution in [2.24, 2.45) is 11.8 Å². The largest absolute Gasteiger partial charge is 0.429 e. The van der Waals surface area contributed by atoms with Crippen LogP contribution in [-0.4, -0.2) is 16.5 Å². The predicted octanol–water partition coefficient (Wildman–Crippen LogP) is 4.29. The molecule has 23 heavy (non-hydrogen) atoms. The van der Waals surface area contributed by atoms with Crippen molar-refractivity contribution in [2.45, 2.75) is 52.1 Å². The third-order valence-corrected chi connectivity index (χ3v) is 5.49. The highest BCUT2D eigenvalue weighted by Gasteiger charge is 2.27. The number of carbonyl (C=O) groups excluding carboxylic acids is 1. The average Bonchev–Trinajstić information content (AvgIpc) is 2.85. The fraction of sp³-hybridized carbons (Fsp3) is 0.556. The van der Waals surface area contributed by atoms with Crippen LogP contribution in [0.4, 0.5) is 0 Å². The fourth-order valence-corrected chi connectivity index (χ4v) is 3.78. The number of fused-ring (bicyclic) bond motifs is 1. The molecule has 1 aromatic carbocycles. The quantitative estimate of drug-likeness (QED) is 0.849. The fourth-order valence-electron chi connectivity index (χ4n) is 3.50. The Morgan fingerprint density at radius 1 is 1.35 bits per heavy atom. The molecule has 0 saturated heterocycles. The van der Waals surface area contributed by atoms with E-state index in [1.165, 1.54) is 12.8 Å². The van der Waals surface area contributed by atoms with Crippen LogP contribution in [0.25, 0.3) is 11.1 Å². The first kappa shape index (κ1) is 16.2. The maximum atomic E-state index is 12.3. The van der Waals surface area contributed by atoms with Gasteiger partial charge < -0.3 is 9.73 Å². The van der Waals surface area contributed by atoms with Gasteiger partial charge in [0.15, 0.2) is 5.58 Å². The predicted molar refractivity (Wildman–Crippen MR) is 93.8 cm³/mol. The Bertz CT molecular complexity index is 749. The van der Waals surface area contributed by atoms with Crippen LogP contribution in [0, 0.1) is 16.7 Å². The highest BCUT2D eigenvalue weighted by molar-refractivity contribution is 7.71. The van der Waals surface area contributed by atoms with Gasteiger partial charge in [0.25, 0.3) is 4.84 Å². The molecule has 1 fully saturated rings. The number of aromatic nitrogens is 1. The molecule has 3 rings (SSSR count). The number of nitrogens with zero attached hydrogens (tertiary/aromatic N) is 1. The van der Waals surface area contributed by atoms with Crippen molar-refractivity contribution in [3.05, 3.63) is 29.1 Å². The van der Waals surface area contributed by atoms with Crippen LogP contribution in [0.5, 0.6) is 0 Å². The van der Waals surface area contributed by atoms with Crippen molar-refractivity contribution in [1.29, 1.82) is 0 Å². The van der Waals surface area contributed by atoms with Crippen molar-refractivity contribution < 1.29 is 9.21 Å². The second-order valence-electron chi connectivity index (χ2n) is 6.68. The molecule has 1 saturated carbocycles. The molecule has 1 N–H and O–H groups in total. The maximum Gasteiger partial charge on any atom is 0.269 e. The van der Waals surface area contributed by atoms with Crippen LogP contribution in [0.2, 0.25) is 0 Å². The number of amides is 1. The minimum atomic E-state index is 0.100. The summed E-state index contributed by atoms with van der Waals surface area (Å²) in [5.74, 6) is 1.33. The van der Waals surface area contributed by atoms with E-state index in [-0.39, 0.29) is 5.91 Å². The second kappa shape index (κ2) is 6.87. The number of hydrogen-bond donors (Lipinski definition) is 1. The zero-order chi connectivity index (χ0) is 16.4. The van der Waals surface area contributed by atoms with Gasteiger partial charge in [-0.3, -0.25) is 9.36 Å². The Balaban J connectivity index is 1.62. The van der Waals surface area contributed by atoms with E-state index in [0.717, 1.165) is 17.5 Å². The van der Waals surface area contributed by atoms with Gasteiger partial charge in [-0.05, 0) is 42.6 Å². The Morgan fingerprint density at radius 2 is 2.13 bits per heavy atom. The number of aryl methyl sites for hydroxylation is 1. The van der Waals surface area contributed by atoms with Gasteiger partial charge in [0.1, 0.15) is 0 Å². The maximum absolute atomic E-state index is 12.3. The number of hydrogen-bond acceptors (Lipinski definition) is 3. The van der Waals surface area contributed by atoms with E-state index in [9.17, 15) is 4.79 Å². The van der Waals surface area contributed by atoms with Crippen LogP contribution < -0.4 is 5.32 Å². The van der Waals surface area contributed by atoms with Gasteiger partial charge in [0.2, 0.25) is 5.91 Å². The van der Waals surface area contributed by atoms with E-state index >= 15 is 0 Å². The van der Waals surface area contributed by atoms with Gasteiger partial charge >= 0.3 is 0 Å². The topological polar surface area (TPSA) is 47.2 Å². The molecule has 0 radical (unpaired) electrons. The molecule has 5 heteroatoms. The lowest BCUT2D eigenvalue weighted by molar-refractivity contribution is -0.122. The lowest BCUT2D eigenvalue weighted by Gasteiger charge is -2.34. The number of rotatable bonds is 4. The Labute approximate surface area is 141 Å². The molecule has 0 bridgehead atoms. The zero-order valence-electron chi connectivity index (χ0n) is 13.7. The molecular formula is C18H24N2O2S. The molecule has 124 valence electrons. The first-order valence-electron chi connectivity index (χ1n) is 8.44. The van der Waals surface area contributed by atoms with Gasteiger partial charge in [-0.25, -0.2) is 0 Å². The molecule has 1 aliphatic rings. The van der Waals surface area contributed by atoms with Crippen molar-refractivity contribution in [2.75, 3.05) is 0 Å². The van der Waals surface area contributed by atoms with Gasteiger partial charge in [-0.2, -0.15) is 0 Å². The number of benzene rings is 1. The van der Waals surface area contributed by atoms with E-state index in [1.807, 2.05) is 28.8 Å². The normalized spacial score (nSPS) is 24.7. The van der Waals surface area contributed by atoms with Crippen LogP contribution >= 0.6 is 12.2 Å². The van der Waals surface area contributed by atoms with Crippen LogP contribution in [0.15, 0.2) is 28.7 Å². The monoisotopic (exact) mass is 332 g/mol. The highest BCUT2D eigenvalue weighted by Crippen LogP contribution is 2.29. The van der Waals surface area contributed by atoms with Gasteiger partial charge in [-0.15, -0.1) is 0 Å². The van der Waals surface area contributed by atoms with E-state index in [2.05, 4.69) is 19.2 Å². The SMILES string of the molecule is C[C@H]1[C@H](C)CCC[C@H]1NC(=O)CCn1c(=S)oc2ccccc21. The summed E-state index contributed by atoms with van der Waals surface area (Å²) in [6.07, 6.45) is 3.98. The smallest absolute Gasteiger partial charge is 0.269 e. The van der Waals surface area contributed by atoms with E-state index in [1.54, 1.807) is 0 Å². The van der Waals surface area contributed by atoms with Crippen molar-refractivity contribution in [3.63, 3.8) is 0 Å². The van der Waals surface area contributed by atoms with E-state index in [4.69, 9.17) is 16.6 Å². The molecule has 3 atom stereocenters. The Kier molecular flexibility index (Phi) is 4.85. The summed E-state index contributed by atoms with van der Waals surface area (Å²) in [6, 6.07) is 8.04. The standard InChI is InChI=1S/C18H24N2O2S/c1-12-6-5-7-14(13(12)2)19-17(21)10-11-20-15-8-3-4-9-16(15)22-18(20)23/h3-4,8-9,12-14H,5-7,10-11H2,1-2H3,(H,19,21)/t12-,13+,14-/m1/s1. The summed E-state index contributed by atoms with van der Waals surface area (Å²) in [7, 11) is 0. The van der Waals surface area contributed by atoms with E-state index < -0.39 is 0 Å². The summed E-state index contributed by atoms with van der Waals surface area (Å²) in [5, 5.41) is 3.21. The summed E-state index contributed by atoms with van der Waals surface area (Å²) in [5.41, 5.74) is 1.72. The molecule has 0 aliphatic heterocycles. The summed E-state index contributed by atoms with van der Waals surface area (Å²) >= 11 is 5.27. The lowest BCUT2D eigenvalue weighted by atomic mass is 9.78. The van der Waals surface area contributed by atoms with Gasteiger partial charge in [0, 0.05) is 19.0 Å². The van der Waals surface area contributed by atoms with Gasteiger partial charge in [-0.1, -0.05) is 38.8 Å². The molecule has 1 amide bonds. The van der Waals surface area contributed by atoms with Crippen molar-refractivity contribution in [1.82, 2.24) is 9.88 Å². The Hall–Kier alpha value is -1.62.